The van der Waals surface area contributed by atoms with Crippen molar-refractivity contribution in [3.8, 4) is 0 Å². The van der Waals surface area contributed by atoms with Crippen molar-refractivity contribution in [2.24, 2.45) is 0 Å². The molecule has 1 unspecified atom stereocenters. The second kappa shape index (κ2) is 5.23. The van der Waals surface area contributed by atoms with E-state index in [1.54, 1.807) is 0 Å². The van der Waals surface area contributed by atoms with Crippen molar-refractivity contribution in [1.29, 1.82) is 0 Å². The molecular weight excluding hydrogens is 228 g/mol. The van der Waals surface area contributed by atoms with E-state index in [0.29, 0.717) is 13.2 Å². The quantitative estimate of drug-likeness (QED) is 0.877. The smallest absolute Gasteiger partial charge is 0.251 e. The number of hydrogen-bond donors (Lipinski definition) is 1. The summed E-state index contributed by atoms with van der Waals surface area (Å²) in [6, 6.07) is 3.08. The van der Waals surface area contributed by atoms with Gasteiger partial charge in [-0.25, -0.2) is 8.78 Å². The topological polar surface area (TPSA) is 38.3 Å². The molecule has 1 fully saturated rings. The summed E-state index contributed by atoms with van der Waals surface area (Å²) < 4.78 is 30.9. The van der Waals surface area contributed by atoms with Crippen LogP contribution in [0.1, 0.15) is 23.2 Å². The number of rotatable bonds is 3. The number of amides is 1. The van der Waals surface area contributed by atoms with Crippen molar-refractivity contribution < 1.29 is 18.3 Å². The average Bonchev–Trinajstić information content (AvgIpc) is 2.82. The Morgan fingerprint density at radius 3 is 2.88 bits per heavy atom. The van der Waals surface area contributed by atoms with E-state index in [0.717, 1.165) is 25.0 Å². The van der Waals surface area contributed by atoms with Crippen LogP contribution in [0.4, 0.5) is 8.78 Å². The molecule has 17 heavy (non-hydrogen) atoms. The van der Waals surface area contributed by atoms with Gasteiger partial charge in [0.05, 0.1) is 6.10 Å². The maximum absolute atomic E-state index is 12.9. The Kier molecular flexibility index (Phi) is 3.68. The minimum Gasteiger partial charge on any atom is -0.376 e. The Morgan fingerprint density at radius 2 is 2.24 bits per heavy atom. The number of carbonyl (C=O) groups is 1. The monoisotopic (exact) mass is 241 g/mol. The molecule has 3 nitrogen and oxygen atoms in total. The van der Waals surface area contributed by atoms with Crippen LogP contribution in [0.25, 0.3) is 0 Å². The number of nitrogens with one attached hydrogen (secondary N) is 1. The highest BCUT2D eigenvalue weighted by molar-refractivity contribution is 5.94. The zero-order valence-electron chi connectivity index (χ0n) is 9.21. The summed E-state index contributed by atoms with van der Waals surface area (Å²) in [5.74, 6) is -2.39. The lowest BCUT2D eigenvalue weighted by Gasteiger charge is -2.10. The van der Waals surface area contributed by atoms with Crippen molar-refractivity contribution in [2.45, 2.75) is 18.9 Å². The Balaban J connectivity index is 1.92. The second-order valence-corrected chi connectivity index (χ2v) is 3.97. The minimum atomic E-state index is -1.02. The number of ether oxygens (including phenoxy) is 1. The summed E-state index contributed by atoms with van der Waals surface area (Å²) in [7, 11) is 0. The molecule has 2 rings (SSSR count). The summed E-state index contributed by atoms with van der Waals surface area (Å²) in [4.78, 5) is 11.6. The lowest BCUT2D eigenvalue weighted by Crippen LogP contribution is -2.31. The van der Waals surface area contributed by atoms with Gasteiger partial charge >= 0.3 is 0 Å². The van der Waals surface area contributed by atoms with Crippen LogP contribution in [0, 0.1) is 11.6 Å². The summed E-state index contributed by atoms with van der Waals surface area (Å²) in [6.45, 7) is 1.11. The van der Waals surface area contributed by atoms with Crippen LogP contribution in [-0.2, 0) is 4.74 Å². The highest BCUT2D eigenvalue weighted by atomic mass is 19.2. The molecule has 0 saturated carbocycles. The van der Waals surface area contributed by atoms with Gasteiger partial charge in [-0.2, -0.15) is 0 Å². The Bertz CT molecular complexity index is 417. The number of benzene rings is 1. The van der Waals surface area contributed by atoms with E-state index in [9.17, 15) is 13.6 Å². The van der Waals surface area contributed by atoms with Gasteiger partial charge in [0.15, 0.2) is 11.6 Å². The molecule has 1 aromatic carbocycles. The molecular formula is C12H13F2NO2. The van der Waals surface area contributed by atoms with Crippen LogP contribution >= 0.6 is 0 Å². The third-order valence-electron chi connectivity index (χ3n) is 2.70. The van der Waals surface area contributed by atoms with Crippen LogP contribution in [0.3, 0.4) is 0 Å². The number of hydrogen-bond acceptors (Lipinski definition) is 2. The molecule has 0 spiro atoms. The van der Waals surface area contributed by atoms with Crippen LogP contribution in [0.2, 0.25) is 0 Å². The number of carbonyl (C=O) groups excluding carboxylic acids is 1. The molecule has 5 heteroatoms. The van der Waals surface area contributed by atoms with E-state index < -0.39 is 17.5 Å². The zero-order valence-corrected chi connectivity index (χ0v) is 9.21. The molecule has 0 aliphatic carbocycles. The normalized spacial score (nSPS) is 19.3. The van der Waals surface area contributed by atoms with E-state index >= 15 is 0 Å². The van der Waals surface area contributed by atoms with Crippen LogP contribution in [-0.4, -0.2) is 25.2 Å². The molecule has 1 N–H and O–H groups in total. The minimum absolute atomic E-state index is 0.0317. The fourth-order valence-electron chi connectivity index (χ4n) is 1.75. The fourth-order valence-corrected chi connectivity index (χ4v) is 1.75. The summed E-state index contributed by atoms with van der Waals surface area (Å²) in [5, 5.41) is 2.63. The van der Waals surface area contributed by atoms with Crippen molar-refractivity contribution in [3.05, 3.63) is 35.4 Å². The first-order valence-electron chi connectivity index (χ1n) is 5.51. The Morgan fingerprint density at radius 1 is 1.41 bits per heavy atom. The Hall–Kier alpha value is -1.49. The second-order valence-electron chi connectivity index (χ2n) is 3.97. The number of halogens is 2. The molecule has 0 aromatic heterocycles. The van der Waals surface area contributed by atoms with Gasteiger partial charge < -0.3 is 10.1 Å². The van der Waals surface area contributed by atoms with E-state index in [1.165, 1.54) is 6.07 Å². The van der Waals surface area contributed by atoms with Crippen LogP contribution < -0.4 is 5.32 Å². The maximum Gasteiger partial charge on any atom is 0.251 e. The Labute approximate surface area is 97.8 Å². The molecule has 0 radical (unpaired) electrons. The van der Waals surface area contributed by atoms with E-state index in [4.69, 9.17) is 4.74 Å². The van der Waals surface area contributed by atoms with Crippen LogP contribution in [0.15, 0.2) is 18.2 Å². The highest BCUT2D eigenvalue weighted by Gasteiger charge is 2.17. The molecule has 1 amide bonds. The summed E-state index contributed by atoms with van der Waals surface area (Å²) >= 11 is 0. The lowest BCUT2D eigenvalue weighted by atomic mass is 10.2. The first-order chi connectivity index (χ1) is 8.16. The van der Waals surface area contributed by atoms with E-state index in [2.05, 4.69) is 5.32 Å². The van der Waals surface area contributed by atoms with Crippen LogP contribution in [0.5, 0.6) is 0 Å². The maximum atomic E-state index is 12.9. The largest absolute Gasteiger partial charge is 0.376 e. The van der Waals surface area contributed by atoms with Gasteiger partial charge in [-0.3, -0.25) is 4.79 Å². The predicted molar refractivity (Wildman–Crippen MR) is 57.7 cm³/mol. The third-order valence-corrected chi connectivity index (χ3v) is 2.70. The predicted octanol–water partition coefficient (Wildman–Crippen LogP) is 1.87. The van der Waals surface area contributed by atoms with Gasteiger partial charge in [-0.1, -0.05) is 0 Å². The van der Waals surface area contributed by atoms with Gasteiger partial charge in [-0.15, -0.1) is 0 Å². The highest BCUT2D eigenvalue weighted by Crippen LogP contribution is 2.12. The van der Waals surface area contributed by atoms with Gasteiger partial charge in [0.1, 0.15) is 0 Å². The van der Waals surface area contributed by atoms with Gasteiger partial charge in [0, 0.05) is 18.7 Å². The molecule has 0 bridgehead atoms. The van der Waals surface area contributed by atoms with Crippen molar-refractivity contribution in [3.63, 3.8) is 0 Å². The third kappa shape index (κ3) is 3.00. The van der Waals surface area contributed by atoms with Gasteiger partial charge in [0.2, 0.25) is 0 Å². The van der Waals surface area contributed by atoms with Gasteiger partial charge in [0.25, 0.3) is 5.91 Å². The standard InChI is InChI=1S/C12H13F2NO2/c13-10-4-3-8(6-11(10)14)12(16)15-7-9-2-1-5-17-9/h3-4,6,9H,1-2,5,7H2,(H,15,16). The SMILES string of the molecule is O=C(NCC1CCCO1)c1ccc(F)c(F)c1. The average molecular weight is 241 g/mol. The van der Waals surface area contributed by atoms with Crippen molar-refractivity contribution in [2.75, 3.05) is 13.2 Å². The van der Waals surface area contributed by atoms with E-state index in [1.807, 2.05) is 0 Å². The van der Waals surface area contributed by atoms with Gasteiger partial charge in [-0.05, 0) is 31.0 Å². The van der Waals surface area contributed by atoms with Crippen molar-refractivity contribution >= 4 is 5.91 Å². The molecule has 1 saturated heterocycles. The zero-order chi connectivity index (χ0) is 12.3. The fraction of sp³-hybridized carbons (Fsp3) is 0.417. The summed E-state index contributed by atoms with van der Waals surface area (Å²) in [6.07, 6.45) is 1.94. The molecule has 1 aliphatic heterocycles. The molecule has 1 aliphatic rings. The first-order valence-corrected chi connectivity index (χ1v) is 5.51. The van der Waals surface area contributed by atoms with Crippen molar-refractivity contribution in [1.82, 2.24) is 5.32 Å². The molecule has 92 valence electrons. The molecule has 1 aromatic rings. The molecule has 1 atom stereocenters. The summed E-state index contributed by atoms with van der Waals surface area (Å²) in [5.41, 5.74) is 0.113. The van der Waals surface area contributed by atoms with E-state index in [-0.39, 0.29) is 11.7 Å². The lowest BCUT2D eigenvalue weighted by molar-refractivity contribution is 0.0857. The first kappa shape index (κ1) is 12.0. The molecule has 1 heterocycles.